The molecule has 7 heteroatoms. The van der Waals surface area contributed by atoms with Crippen LogP contribution in [0.5, 0.6) is 0 Å². The van der Waals surface area contributed by atoms with Crippen molar-refractivity contribution in [3.63, 3.8) is 0 Å². The van der Waals surface area contributed by atoms with Gasteiger partial charge >= 0.3 is 6.18 Å². The number of rotatable bonds is 4. The molecule has 1 aliphatic rings. The van der Waals surface area contributed by atoms with Crippen molar-refractivity contribution in [1.82, 2.24) is 9.80 Å². The maximum Gasteiger partial charge on any atom is 0.403 e. The van der Waals surface area contributed by atoms with Gasteiger partial charge in [-0.25, -0.2) is 0 Å². The molecule has 0 spiro atoms. The lowest BCUT2D eigenvalue weighted by molar-refractivity contribution is -0.183. The highest BCUT2D eigenvalue weighted by atomic mass is 19.4. The van der Waals surface area contributed by atoms with E-state index in [1.807, 2.05) is 36.1 Å². The Hall–Kier alpha value is -1.60. The van der Waals surface area contributed by atoms with Crippen molar-refractivity contribution in [2.24, 2.45) is 0 Å². The first-order chi connectivity index (χ1) is 11.2. The van der Waals surface area contributed by atoms with Crippen LogP contribution in [0.4, 0.5) is 18.9 Å². The number of carbonyl (C=O) groups is 1. The van der Waals surface area contributed by atoms with Gasteiger partial charge in [0.1, 0.15) is 6.04 Å². The van der Waals surface area contributed by atoms with E-state index >= 15 is 0 Å². The van der Waals surface area contributed by atoms with Crippen molar-refractivity contribution < 1.29 is 18.0 Å². The predicted octanol–water partition coefficient (Wildman–Crippen LogP) is 2.89. The van der Waals surface area contributed by atoms with Crippen LogP contribution in [0.3, 0.4) is 0 Å². The Kier molecular flexibility index (Phi) is 5.87. The van der Waals surface area contributed by atoms with E-state index in [-0.39, 0.29) is 11.9 Å². The average molecular weight is 343 g/mol. The summed E-state index contributed by atoms with van der Waals surface area (Å²) in [5, 5.41) is 2.89. The molecular weight excluding hydrogens is 319 g/mol. The summed E-state index contributed by atoms with van der Waals surface area (Å²) in [4.78, 5) is 15.7. The van der Waals surface area contributed by atoms with Crippen LogP contribution in [0.2, 0.25) is 0 Å². The first-order valence-corrected chi connectivity index (χ1v) is 8.11. The van der Waals surface area contributed by atoms with Crippen LogP contribution < -0.4 is 5.32 Å². The summed E-state index contributed by atoms with van der Waals surface area (Å²) >= 11 is 0. The minimum absolute atomic E-state index is 0.137. The molecule has 1 saturated heterocycles. The number of para-hydroxylation sites is 1. The van der Waals surface area contributed by atoms with Crippen LogP contribution in [0, 0.1) is 6.92 Å². The van der Waals surface area contributed by atoms with E-state index in [9.17, 15) is 18.0 Å². The third-order valence-corrected chi connectivity index (χ3v) is 4.70. The highest BCUT2D eigenvalue weighted by Gasteiger charge is 2.41. The Morgan fingerprint density at radius 3 is 2.17 bits per heavy atom. The van der Waals surface area contributed by atoms with Gasteiger partial charge in [-0.3, -0.25) is 14.6 Å². The molecule has 1 fully saturated rings. The van der Waals surface area contributed by atoms with Crippen LogP contribution >= 0.6 is 0 Å². The number of amides is 1. The fourth-order valence-corrected chi connectivity index (χ4v) is 2.84. The molecule has 24 heavy (non-hydrogen) atoms. The molecule has 0 bridgehead atoms. The van der Waals surface area contributed by atoms with Gasteiger partial charge < -0.3 is 5.32 Å². The topological polar surface area (TPSA) is 35.6 Å². The molecule has 2 atom stereocenters. The first-order valence-electron chi connectivity index (χ1n) is 8.11. The molecule has 1 aromatic carbocycles. The zero-order valence-corrected chi connectivity index (χ0v) is 14.2. The molecule has 1 aromatic rings. The number of nitrogens with zero attached hydrogens (tertiary/aromatic N) is 2. The number of hydrogen-bond acceptors (Lipinski definition) is 3. The molecule has 134 valence electrons. The van der Waals surface area contributed by atoms with Gasteiger partial charge in [-0.1, -0.05) is 18.2 Å². The second-order valence-electron chi connectivity index (χ2n) is 6.27. The lowest BCUT2D eigenvalue weighted by Gasteiger charge is -2.40. The molecule has 2 unspecified atom stereocenters. The maximum absolute atomic E-state index is 12.8. The highest BCUT2D eigenvalue weighted by Crippen LogP contribution is 2.25. The van der Waals surface area contributed by atoms with E-state index in [2.05, 4.69) is 5.32 Å². The van der Waals surface area contributed by atoms with E-state index in [1.165, 1.54) is 11.8 Å². The second-order valence-corrected chi connectivity index (χ2v) is 6.27. The predicted molar refractivity (Wildman–Crippen MR) is 87.9 cm³/mol. The second kappa shape index (κ2) is 7.53. The molecule has 4 nitrogen and oxygen atoms in total. The van der Waals surface area contributed by atoms with Crippen LogP contribution in [0.25, 0.3) is 0 Å². The van der Waals surface area contributed by atoms with E-state index in [4.69, 9.17) is 0 Å². The summed E-state index contributed by atoms with van der Waals surface area (Å²) in [7, 11) is 0. The standard InChI is InChI=1S/C17H24F3N3O/c1-12-6-4-5-7-15(12)21-16(24)13(2)22-8-10-23(11-9-22)14(3)17(18,19)20/h4-7,13-14H,8-11H2,1-3H3,(H,21,24). The van der Waals surface area contributed by atoms with Crippen molar-refractivity contribution in [1.29, 1.82) is 0 Å². The van der Waals surface area contributed by atoms with Crippen molar-refractivity contribution in [3.8, 4) is 0 Å². The number of piperazine rings is 1. The summed E-state index contributed by atoms with van der Waals surface area (Å²) < 4.78 is 38.3. The lowest BCUT2D eigenvalue weighted by Crippen LogP contribution is -2.56. The zero-order chi connectivity index (χ0) is 17.9. The van der Waals surface area contributed by atoms with Crippen LogP contribution in [0.1, 0.15) is 19.4 Å². The van der Waals surface area contributed by atoms with E-state index in [0.29, 0.717) is 26.2 Å². The summed E-state index contributed by atoms with van der Waals surface area (Å²) in [6, 6.07) is 5.67. The highest BCUT2D eigenvalue weighted by molar-refractivity contribution is 5.95. The lowest BCUT2D eigenvalue weighted by atomic mass is 10.1. The first kappa shape index (κ1) is 18.7. The smallest absolute Gasteiger partial charge is 0.324 e. The minimum Gasteiger partial charge on any atom is -0.324 e. The van der Waals surface area contributed by atoms with Crippen LogP contribution in [-0.2, 0) is 4.79 Å². The Bertz CT molecular complexity index is 568. The number of carbonyl (C=O) groups excluding carboxylic acids is 1. The number of hydrogen-bond donors (Lipinski definition) is 1. The Morgan fingerprint density at radius 2 is 1.62 bits per heavy atom. The van der Waals surface area contributed by atoms with Gasteiger partial charge in [-0.05, 0) is 32.4 Å². The molecular formula is C17H24F3N3O. The maximum atomic E-state index is 12.8. The van der Waals surface area contributed by atoms with Gasteiger partial charge in [-0.15, -0.1) is 0 Å². The number of alkyl halides is 3. The van der Waals surface area contributed by atoms with Gasteiger partial charge in [0.2, 0.25) is 5.91 Å². The van der Waals surface area contributed by atoms with Crippen LogP contribution in [-0.4, -0.2) is 60.1 Å². The molecule has 1 N–H and O–H groups in total. The fraction of sp³-hybridized carbons (Fsp3) is 0.588. The third-order valence-electron chi connectivity index (χ3n) is 4.70. The van der Waals surface area contributed by atoms with Crippen LogP contribution in [0.15, 0.2) is 24.3 Å². The largest absolute Gasteiger partial charge is 0.403 e. The average Bonchev–Trinajstić information content (AvgIpc) is 2.55. The number of aryl methyl sites for hydroxylation is 1. The summed E-state index contributed by atoms with van der Waals surface area (Å²) in [6.07, 6.45) is -4.21. The SMILES string of the molecule is Cc1ccccc1NC(=O)C(C)N1CCN(C(C)C(F)(F)F)CC1. The van der Waals surface area contributed by atoms with E-state index in [1.54, 1.807) is 6.92 Å². The van der Waals surface area contributed by atoms with Gasteiger partial charge in [0.25, 0.3) is 0 Å². The number of anilines is 1. The molecule has 0 radical (unpaired) electrons. The normalized spacial score (nSPS) is 19.8. The van der Waals surface area contributed by atoms with Gasteiger partial charge in [0.05, 0.1) is 6.04 Å². The van der Waals surface area contributed by atoms with Crippen molar-refractivity contribution in [2.45, 2.75) is 39.0 Å². The molecule has 0 aliphatic carbocycles. The van der Waals surface area contributed by atoms with Gasteiger partial charge in [0.15, 0.2) is 0 Å². The third kappa shape index (κ3) is 4.48. The van der Waals surface area contributed by atoms with Gasteiger partial charge in [-0.2, -0.15) is 13.2 Å². The Morgan fingerprint density at radius 1 is 1.08 bits per heavy atom. The molecule has 2 rings (SSSR count). The molecule has 1 aliphatic heterocycles. The summed E-state index contributed by atoms with van der Waals surface area (Å²) in [5.74, 6) is -0.137. The molecule has 1 heterocycles. The number of benzene rings is 1. The summed E-state index contributed by atoms with van der Waals surface area (Å²) in [6.45, 7) is 6.40. The number of halogens is 3. The quantitative estimate of drug-likeness (QED) is 0.913. The Balaban J connectivity index is 1.89. The number of nitrogens with one attached hydrogen (secondary N) is 1. The van der Waals surface area contributed by atoms with Crippen molar-refractivity contribution in [2.75, 3.05) is 31.5 Å². The molecule has 0 saturated carbocycles. The Labute approximate surface area is 140 Å². The zero-order valence-electron chi connectivity index (χ0n) is 14.2. The molecule has 0 aromatic heterocycles. The fourth-order valence-electron chi connectivity index (χ4n) is 2.84. The summed E-state index contributed by atoms with van der Waals surface area (Å²) in [5.41, 5.74) is 1.74. The van der Waals surface area contributed by atoms with Crippen molar-refractivity contribution in [3.05, 3.63) is 29.8 Å². The molecule has 1 amide bonds. The van der Waals surface area contributed by atoms with E-state index < -0.39 is 12.2 Å². The van der Waals surface area contributed by atoms with Crippen molar-refractivity contribution >= 4 is 11.6 Å². The van der Waals surface area contributed by atoms with Gasteiger partial charge in [0, 0.05) is 31.9 Å². The van der Waals surface area contributed by atoms with E-state index in [0.717, 1.165) is 11.3 Å². The minimum atomic E-state index is -4.21. The monoisotopic (exact) mass is 343 g/mol.